The van der Waals surface area contributed by atoms with Crippen LogP contribution in [-0.2, 0) is 11.3 Å². The number of carbonyl (C=O) groups excluding carboxylic acids is 2. The molecular formula is C20H25N3O3S. The summed E-state index contributed by atoms with van der Waals surface area (Å²) in [4.78, 5) is 29.7. The molecule has 1 aliphatic rings. The second-order valence-electron chi connectivity index (χ2n) is 6.55. The van der Waals surface area contributed by atoms with Crippen LogP contribution in [0.1, 0.15) is 22.2 Å². The van der Waals surface area contributed by atoms with Gasteiger partial charge in [-0.25, -0.2) is 0 Å². The lowest BCUT2D eigenvalue weighted by molar-refractivity contribution is -0.126. The maximum atomic E-state index is 12.5. The van der Waals surface area contributed by atoms with E-state index in [0.29, 0.717) is 32.7 Å². The zero-order valence-electron chi connectivity index (χ0n) is 15.7. The summed E-state index contributed by atoms with van der Waals surface area (Å²) in [6, 6.07) is 11.2. The van der Waals surface area contributed by atoms with Crippen LogP contribution in [0, 0.1) is 0 Å². The molecule has 6 nitrogen and oxygen atoms in total. The van der Waals surface area contributed by atoms with E-state index in [0.717, 1.165) is 16.2 Å². The van der Waals surface area contributed by atoms with Crippen molar-refractivity contribution < 1.29 is 14.3 Å². The zero-order chi connectivity index (χ0) is 19.2. The molecule has 2 aromatic rings. The number of hydrogen-bond donors (Lipinski definition) is 1. The summed E-state index contributed by atoms with van der Waals surface area (Å²) in [6.45, 7) is 5.07. The van der Waals surface area contributed by atoms with E-state index < -0.39 is 0 Å². The number of benzene rings is 1. The number of nitrogens with zero attached hydrogens (tertiary/aromatic N) is 2. The van der Waals surface area contributed by atoms with Crippen LogP contribution < -0.4 is 10.1 Å². The maximum Gasteiger partial charge on any atom is 0.264 e. The average molecular weight is 388 g/mol. The van der Waals surface area contributed by atoms with E-state index >= 15 is 0 Å². The summed E-state index contributed by atoms with van der Waals surface area (Å²) >= 11 is 1.47. The number of amides is 2. The molecule has 1 aromatic heterocycles. The Balaban J connectivity index is 1.47. The largest absolute Gasteiger partial charge is 0.497 e. The van der Waals surface area contributed by atoms with Gasteiger partial charge >= 0.3 is 0 Å². The number of carbonyl (C=O) groups is 2. The highest BCUT2D eigenvalue weighted by Crippen LogP contribution is 2.15. The molecule has 0 aliphatic carbocycles. The molecule has 2 heterocycles. The molecule has 1 atom stereocenters. The summed E-state index contributed by atoms with van der Waals surface area (Å²) in [6.07, 6.45) is 0. The molecule has 0 spiro atoms. The molecule has 3 rings (SSSR count). The van der Waals surface area contributed by atoms with Gasteiger partial charge in [0.25, 0.3) is 5.91 Å². The summed E-state index contributed by atoms with van der Waals surface area (Å²) in [5.41, 5.74) is 1.00. The molecule has 7 heteroatoms. The highest BCUT2D eigenvalue weighted by molar-refractivity contribution is 7.12. The molecule has 27 heavy (non-hydrogen) atoms. The first-order chi connectivity index (χ1) is 13.1. The number of piperazine rings is 1. The van der Waals surface area contributed by atoms with Gasteiger partial charge in [0.1, 0.15) is 5.75 Å². The fourth-order valence-corrected chi connectivity index (χ4v) is 3.84. The summed E-state index contributed by atoms with van der Waals surface area (Å²) in [5, 5.41) is 4.90. The first kappa shape index (κ1) is 19.4. The number of thiophene rings is 1. The smallest absolute Gasteiger partial charge is 0.264 e. The summed E-state index contributed by atoms with van der Waals surface area (Å²) < 4.78 is 5.21. The molecule has 144 valence electrons. The Morgan fingerprint density at radius 2 is 1.96 bits per heavy atom. The van der Waals surface area contributed by atoms with Crippen LogP contribution in [0.25, 0.3) is 0 Å². The lowest BCUT2D eigenvalue weighted by Gasteiger charge is -2.37. The molecule has 1 saturated heterocycles. The SMILES string of the molecule is COc1cccc(CNC(=O)C(C)N2CCN(C(=O)c3cccs3)CC2)c1. The van der Waals surface area contributed by atoms with E-state index in [2.05, 4.69) is 10.2 Å². The second-order valence-corrected chi connectivity index (χ2v) is 7.50. The first-order valence-corrected chi connectivity index (χ1v) is 9.94. The topological polar surface area (TPSA) is 61.9 Å². The van der Waals surface area contributed by atoms with Crippen LogP contribution in [0.2, 0.25) is 0 Å². The molecule has 0 radical (unpaired) electrons. The second kappa shape index (κ2) is 9.01. The van der Waals surface area contributed by atoms with Gasteiger partial charge in [0.05, 0.1) is 18.0 Å². The van der Waals surface area contributed by atoms with Gasteiger partial charge < -0.3 is 15.0 Å². The number of ether oxygens (including phenoxy) is 1. The Labute approximate surface area is 163 Å². The van der Waals surface area contributed by atoms with E-state index in [1.54, 1.807) is 7.11 Å². The monoisotopic (exact) mass is 387 g/mol. The molecule has 1 N–H and O–H groups in total. The van der Waals surface area contributed by atoms with Gasteiger partial charge in [0.2, 0.25) is 5.91 Å². The minimum Gasteiger partial charge on any atom is -0.497 e. The van der Waals surface area contributed by atoms with Gasteiger partial charge in [-0.3, -0.25) is 14.5 Å². The zero-order valence-corrected chi connectivity index (χ0v) is 16.5. The van der Waals surface area contributed by atoms with E-state index in [9.17, 15) is 9.59 Å². The molecule has 1 aliphatic heterocycles. The minimum atomic E-state index is -0.227. The Morgan fingerprint density at radius 1 is 1.19 bits per heavy atom. The van der Waals surface area contributed by atoms with Crippen LogP contribution in [-0.4, -0.2) is 60.9 Å². The van der Waals surface area contributed by atoms with Crippen molar-refractivity contribution >= 4 is 23.2 Å². The van der Waals surface area contributed by atoms with Crippen LogP contribution in [0.4, 0.5) is 0 Å². The van der Waals surface area contributed by atoms with Gasteiger partial charge in [-0.15, -0.1) is 11.3 Å². The average Bonchev–Trinajstić information content (AvgIpc) is 3.26. The van der Waals surface area contributed by atoms with E-state index in [-0.39, 0.29) is 17.9 Å². The van der Waals surface area contributed by atoms with Crippen LogP contribution >= 0.6 is 11.3 Å². The number of methoxy groups -OCH3 is 1. The van der Waals surface area contributed by atoms with E-state index in [1.807, 2.05) is 53.6 Å². The predicted octanol–water partition coefficient (Wildman–Crippen LogP) is 2.22. The third-order valence-corrected chi connectivity index (χ3v) is 5.72. The normalized spacial score (nSPS) is 16.0. The first-order valence-electron chi connectivity index (χ1n) is 9.06. The van der Waals surface area contributed by atoms with Crippen molar-refractivity contribution in [1.82, 2.24) is 15.1 Å². The van der Waals surface area contributed by atoms with Gasteiger partial charge in [-0.2, -0.15) is 0 Å². The van der Waals surface area contributed by atoms with E-state index in [1.165, 1.54) is 11.3 Å². The van der Waals surface area contributed by atoms with Crippen LogP contribution in [0.3, 0.4) is 0 Å². The van der Waals surface area contributed by atoms with Gasteiger partial charge in [0, 0.05) is 32.7 Å². The predicted molar refractivity (Wildman–Crippen MR) is 106 cm³/mol. The standard InChI is InChI=1S/C20H25N3O3S/c1-15(19(24)21-14-16-5-3-6-17(13-16)26-2)22-8-10-23(11-9-22)20(25)18-7-4-12-27-18/h3-7,12-13,15H,8-11,14H2,1-2H3,(H,21,24). The molecule has 1 fully saturated rings. The molecular weight excluding hydrogens is 362 g/mol. The van der Waals surface area contributed by atoms with Crippen LogP contribution in [0.5, 0.6) is 5.75 Å². The lowest BCUT2D eigenvalue weighted by atomic mass is 10.2. The third-order valence-electron chi connectivity index (χ3n) is 4.86. The Hall–Kier alpha value is -2.38. The maximum absolute atomic E-state index is 12.5. The van der Waals surface area contributed by atoms with Gasteiger partial charge in [-0.05, 0) is 36.1 Å². The number of rotatable bonds is 6. The number of nitrogens with one attached hydrogen (secondary N) is 1. The fraction of sp³-hybridized carbons (Fsp3) is 0.400. The third kappa shape index (κ3) is 4.87. The van der Waals surface area contributed by atoms with Gasteiger partial charge in [-0.1, -0.05) is 18.2 Å². The summed E-state index contributed by atoms with van der Waals surface area (Å²) in [7, 11) is 1.63. The van der Waals surface area contributed by atoms with Crippen molar-refractivity contribution in [3.63, 3.8) is 0 Å². The van der Waals surface area contributed by atoms with Crippen molar-refractivity contribution in [1.29, 1.82) is 0 Å². The van der Waals surface area contributed by atoms with Crippen molar-refractivity contribution in [3.8, 4) is 5.75 Å². The van der Waals surface area contributed by atoms with Crippen molar-refractivity contribution in [3.05, 3.63) is 52.2 Å². The highest BCUT2D eigenvalue weighted by Gasteiger charge is 2.28. The minimum absolute atomic E-state index is 0.00384. The lowest BCUT2D eigenvalue weighted by Crippen LogP contribution is -2.54. The Kier molecular flexibility index (Phi) is 6.47. The number of hydrogen-bond acceptors (Lipinski definition) is 5. The van der Waals surface area contributed by atoms with E-state index in [4.69, 9.17) is 4.74 Å². The Morgan fingerprint density at radius 3 is 2.63 bits per heavy atom. The molecule has 2 amide bonds. The fourth-order valence-electron chi connectivity index (χ4n) is 3.15. The molecule has 1 aromatic carbocycles. The van der Waals surface area contributed by atoms with Crippen molar-refractivity contribution in [2.45, 2.75) is 19.5 Å². The van der Waals surface area contributed by atoms with Crippen LogP contribution in [0.15, 0.2) is 41.8 Å². The van der Waals surface area contributed by atoms with Gasteiger partial charge in [0.15, 0.2) is 0 Å². The molecule has 1 unspecified atom stereocenters. The quantitative estimate of drug-likeness (QED) is 0.826. The summed E-state index contributed by atoms with van der Waals surface area (Å²) in [5.74, 6) is 0.858. The Bertz CT molecular complexity index is 771. The molecule has 0 bridgehead atoms. The van der Waals surface area contributed by atoms with Crippen molar-refractivity contribution in [2.75, 3.05) is 33.3 Å². The van der Waals surface area contributed by atoms with Crippen molar-refractivity contribution in [2.24, 2.45) is 0 Å². The highest BCUT2D eigenvalue weighted by atomic mass is 32.1. The molecule has 0 saturated carbocycles.